The van der Waals surface area contributed by atoms with E-state index < -0.39 is 0 Å². The average molecular weight is 257 g/mol. The van der Waals surface area contributed by atoms with Crippen LogP contribution in [0.25, 0.3) is 0 Å². The summed E-state index contributed by atoms with van der Waals surface area (Å²) in [5, 5.41) is 13.5. The highest BCUT2D eigenvalue weighted by molar-refractivity contribution is 5.93. The van der Waals surface area contributed by atoms with Gasteiger partial charge in [-0.25, -0.2) is 4.98 Å². The summed E-state index contributed by atoms with van der Waals surface area (Å²) in [5.41, 5.74) is 1.23. The highest BCUT2D eigenvalue weighted by Gasteiger charge is 2.06. The largest absolute Gasteiger partial charge is 0.370 e. The van der Waals surface area contributed by atoms with Gasteiger partial charge in [-0.15, -0.1) is 0 Å². The van der Waals surface area contributed by atoms with E-state index in [0.717, 1.165) is 12.4 Å². The zero-order valence-electron chi connectivity index (χ0n) is 10.6. The first-order valence-corrected chi connectivity index (χ1v) is 6.04. The SMILES string of the molecule is CCNc1ccc(C(=O)NCc2cccnn2)cn1. The van der Waals surface area contributed by atoms with Crippen molar-refractivity contribution in [2.45, 2.75) is 13.5 Å². The summed E-state index contributed by atoms with van der Waals surface area (Å²) in [4.78, 5) is 16.0. The fourth-order valence-electron chi connectivity index (χ4n) is 1.51. The van der Waals surface area contributed by atoms with Gasteiger partial charge in [-0.3, -0.25) is 4.79 Å². The molecular weight excluding hydrogens is 242 g/mol. The van der Waals surface area contributed by atoms with Crippen LogP contribution < -0.4 is 10.6 Å². The van der Waals surface area contributed by atoms with E-state index in [1.807, 2.05) is 6.92 Å². The minimum Gasteiger partial charge on any atom is -0.370 e. The van der Waals surface area contributed by atoms with Gasteiger partial charge >= 0.3 is 0 Å². The zero-order valence-corrected chi connectivity index (χ0v) is 10.6. The Kier molecular flexibility index (Phi) is 4.39. The van der Waals surface area contributed by atoms with Crippen LogP contribution in [0.15, 0.2) is 36.7 Å². The molecule has 2 rings (SSSR count). The fourth-order valence-corrected chi connectivity index (χ4v) is 1.51. The number of amides is 1. The molecule has 0 saturated carbocycles. The van der Waals surface area contributed by atoms with Crippen LogP contribution in [-0.2, 0) is 6.54 Å². The van der Waals surface area contributed by atoms with Gasteiger partial charge in [-0.05, 0) is 31.2 Å². The third kappa shape index (κ3) is 3.74. The topological polar surface area (TPSA) is 79.8 Å². The summed E-state index contributed by atoms with van der Waals surface area (Å²) in [7, 11) is 0. The normalized spacial score (nSPS) is 9.95. The summed E-state index contributed by atoms with van der Waals surface area (Å²) in [6.45, 7) is 3.13. The van der Waals surface area contributed by atoms with Crippen LogP contribution >= 0.6 is 0 Å². The number of pyridine rings is 1. The molecule has 1 amide bonds. The van der Waals surface area contributed by atoms with Crippen LogP contribution in [0.4, 0.5) is 5.82 Å². The molecule has 0 bridgehead atoms. The Balaban J connectivity index is 1.92. The lowest BCUT2D eigenvalue weighted by atomic mass is 10.2. The second-order valence-corrected chi connectivity index (χ2v) is 3.86. The minimum atomic E-state index is -0.179. The van der Waals surface area contributed by atoms with Gasteiger partial charge in [0.25, 0.3) is 5.91 Å². The number of rotatable bonds is 5. The van der Waals surface area contributed by atoms with Crippen molar-refractivity contribution in [3.63, 3.8) is 0 Å². The standard InChI is InChI=1S/C13H15N5O/c1-2-14-12-6-5-10(8-15-12)13(19)16-9-11-4-3-7-17-18-11/h3-8H,2,9H2,1H3,(H,14,15)(H,16,19). The molecule has 0 aliphatic rings. The number of aromatic nitrogens is 3. The molecule has 0 unspecified atom stereocenters. The van der Waals surface area contributed by atoms with Crippen LogP contribution in [0.1, 0.15) is 23.0 Å². The Labute approximate surface area is 111 Å². The van der Waals surface area contributed by atoms with Crippen molar-refractivity contribution < 1.29 is 4.79 Å². The van der Waals surface area contributed by atoms with E-state index in [1.165, 1.54) is 0 Å². The summed E-state index contributed by atoms with van der Waals surface area (Å²) in [6, 6.07) is 7.10. The highest BCUT2D eigenvalue weighted by Crippen LogP contribution is 2.04. The van der Waals surface area contributed by atoms with E-state index in [0.29, 0.717) is 17.8 Å². The molecule has 0 fully saturated rings. The van der Waals surface area contributed by atoms with Crippen molar-refractivity contribution in [1.29, 1.82) is 0 Å². The van der Waals surface area contributed by atoms with Crippen molar-refractivity contribution in [2.75, 3.05) is 11.9 Å². The Morgan fingerprint density at radius 1 is 1.32 bits per heavy atom. The lowest BCUT2D eigenvalue weighted by Gasteiger charge is -2.05. The van der Waals surface area contributed by atoms with Crippen LogP contribution in [0.5, 0.6) is 0 Å². The number of carbonyl (C=O) groups is 1. The van der Waals surface area contributed by atoms with Crippen LogP contribution in [0.3, 0.4) is 0 Å². The zero-order chi connectivity index (χ0) is 13.5. The molecule has 0 aliphatic heterocycles. The minimum absolute atomic E-state index is 0.179. The monoisotopic (exact) mass is 257 g/mol. The first-order valence-electron chi connectivity index (χ1n) is 6.04. The number of carbonyl (C=O) groups excluding carboxylic acids is 1. The van der Waals surface area contributed by atoms with Gasteiger partial charge in [-0.2, -0.15) is 10.2 Å². The molecule has 2 heterocycles. The third-order valence-corrected chi connectivity index (χ3v) is 2.44. The predicted molar refractivity (Wildman–Crippen MR) is 71.6 cm³/mol. The van der Waals surface area contributed by atoms with E-state index in [2.05, 4.69) is 25.8 Å². The van der Waals surface area contributed by atoms with Crippen molar-refractivity contribution in [3.05, 3.63) is 47.9 Å². The second kappa shape index (κ2) is 6.44. The van der Waals surface area contributed by atoms with Gasteiger partial charge in [0.15, 0.2) is 0 Å². The summed E-state index contributed by atoms with van der Waals surface area (Å²) < 4.78 is 0. The van der Waals surface area contributed by atoms with E-state index in [1.54, 1.807) is 36.7 Å². The lowest BCUT2D eigenvalue weighted by molar-refractivity contribution is 0.0950. The maximum Gasteiger partial charge on any atom is 0.253 e. The molecule has 6 heteroatoms. The quantitative estimate of drug-likeness (QED) is 0.842. The van der Waals surface area contributed by atoms with E-state index in [9.17, 15) is 4.79 Å². The molecule has 0 saturated heterocycles. The number of nitrogens with one attached hydrogen (secondary N) is 2. The van der Waals surface area contributed by atoms with Gasteiger partial charge in [0, 0.05) is 18.9 Å². The van der Waals surface area contributed by atoms with Crippen molar-refractivity contribution in [3.8, 4) is 0 Å². The maximum absolute atomic E-state index is 11.9. The van der Waals surface area contributed by atoms with E-state index in [4.69, 9.17) is 0 Å². The molecule has 6 nitrogen and oxygen atoms in total. The number of nitrogens with zero attached hydrogens (tertiary/aromatic N) is 3. The van der Waals surface area contributed by atoms with Crippen LogP contribution in [0, 0.1) is 0 Å². The average Bonchev–Trinajstić information content (AvgIpc) is 2.47. The van der Waals surface area contributed by atoms with Crippen LogP contribution in [-0.4, -0.2) is 27.6 Å². The van der Waals surface area contributed by atoms with Gasteiger partial charge < -0.3 is 10.6 Å². The third-order valence-electron chi connectivity index (χ3n) is 2.44. The lowest BCUT2D eigenvalue weighted by Crippen LogP contribution is -2.23. The first kappa shape index (κ1) is 12.9. The molecule has 0 aliphatic carbocycles. The highest BCUT2D eigenvalue weighted by atomic mass is 16.1. The Hall–Kier alpha value is -2.50. The Morgan fingerprint density at radius 3 is 2.84 bits per heavy atom. The molecule has 2 aromatic rings. The molecule has 0 atom stereocenters. The van der Waals surface area contributed by atoms with Crippen molar-refractivity contribution >= 4 is 11.7 Å². The molecule has 19 heavy (non-hydrogen) atoms. The van der Waals surface area contributed by atoms with Gasteiger partial charge in [0.2, 0.25) is 0 Å². The smallest absolute Gasteiger partial charge is 0.253 e. The fraction of sp³-hybridized carbons (Fsp3) is 0.231. The van der Waals surface area contributed by atoms with Gasteiger partial charge in [0.1, 0.15) is 5.82 Å². The van der Waals surface area contributed by atoms with Gasteiger partial charge in [0.05, 0.1) is 17.8 Å². The summed E-state index contributed by atoms with van der Waals surface area (Å²) in [5.74, 6) is 0.578. The Morgan fingerprint density at radius 2 is 2.21 bits per heavy atom. The van der Waals surface area contributed by atoms with Gasteiger partial charge in [-0.1, -0.05) is 0 Å². The number of hydrogen-bond donors (Lipinski definition) is 2. The van der Waals surface area contributed by atoms with E-state index in [-0.39, 0.29) is 5.91 Å². The summed E-state index contributed by atoms with van der Waals surface area (Å²) >= 11 is 0. The molecule has 0 radical (unpaired) electrons. The Bertz CT molecular complexity index is 526. The summed E-state index contributed by atoms with van der Waals surface area (Å²) in [6.07, 6.45) is 3.14. The molecule has 0 spiro atoms. The number of hydrogen-bond acceptors (Lipinski definition) is 5. The molecule has 2 aromatic heterocycles. The molecule has 98 valence electrons. The number of anilines is 1. The van der Waals surface area contributed by atoms with Crippen LogP contribution in [0.2, 0.25) is 0 Å². The maximum atomic E-state index is 11.9. The predicted octanol–water partition coefficient (Wildman–Crippen LogP) is 1.23. The van der Waals surface area contributed by atoms with Crippen molar-refractivity contribution in [1.82, 2.24) is 20.5 Å². The molecule has 2 N–H and O–H groups in total. The van der Waals surface area contributed by atoms with E-state index >= 15 is 0 Å². The molecular formula is C13H15N5O. The first-order chi connectivity index (χ1) is 9.29. The second-order valence-electron chi connectivity index (χ2n) is 3.86. The van der Waals surface area contributed by atoms with Crippen molar-refractivity contribution in [2.24, 2.45) is 0 Å². The molecule has 0 aromatic carbocycles.